The molecule has 11 atom stereocenters. The monoisotopic (exact) mass is 528 g/mol. The second-order valence-corrected chi connectivity index (χ2v) is 16.7. The van der Waals surface area contributed by atoms with Crippen LogP contribution in [-0.4, -0.2) is 24.1 Å². The summed E-state index contributed by atoms with van der Waals surface area (Å²) in [4.78, 5) is 24.3. The molecule has 0 aromatic rings. The van der Waals surface area contributed by atoms with E-state index in [1.54, 1.807) is 13.8 Å². The van der Waals surface area contributed by atoms with Gasteiger partial charge >= 0.3 is 11.9 Å². The molecule has 38 heavy (non-hydrogen) atoms. The van der Waals surface area contributed by atoms with Gasteiger partial charge in [-0.05, 0) is 115 Å². The average molecular weight is 529 g/mol. The van der Waals surface area contributed by atoms with Crippen LogP contribution in [-0.2, 0) is 19.1 Å². The van der Waals surface area contributed by atoms with Crippen LogP contribution >= 0.6 is 0 Å². The zero-order valence-corrected chi connectivity index (χ0v) is 26.2. The van der Waals surface area contributed by atoms with Crippen molar-refractivity contribution in [2.75, 3.05) is 0 Å². The van der Waals surface area contributed by atoms with Crippen LogP contribution < -0.4 is 0 Å². The molecule has 5 fully saturated rings. The van der Waals surface area contributed by atoms with Gasteiger partial charge in [0.1, 0.15) is 12.2 Å². The summed E-state index contributed by atoms with van der Waals surface area (Å²) >= 11 is 0. The first-order chi connectivity index (χ1) is 17.4. The van der Waals surface area contributed by atoms with Crippen LogP contribution in [0.15, 0.2) is 0 Å². The second-order valence-electron chi connectivity index (χ2n) is 16.7. The number of carbonyl (C=O) groups is 2. The van der Waals surface area contributed by atoms with Crippen LogP contribution in [0.1, 0.15) is 133 Å². The second kappa shape index (κ2) is 8.72. The highest BCUT2D eigenvalue weighted by Crippen LogP contribution is 2.78. The highest BCUT2D eigenvalue weighted by molar-refractivity contribution is 5.66. The summed E-state index contributed by atoms with van der Waals surface area (Å²) in [6, 6.07) is 0. The van der Waals surface area contributed by atoms with E-state index < -0.39 is 0 Å². The van der Waals surface area contributed by atoms with Crippen molar-refractivity contribution in [3.63, 3.8) is 0 Å². The third kappa shape index (κ3) is 3.80. The zero-order chi connectivity index (χ0) is 28.1. The highest BCUT2D eigenvalue weighted by atomic mass is 16.5. The van der Waals surface area contributed by atoms with E-state index >= 15 is 0 Å². The summed E-state index contributed by atoms with van der Waals surface area (Å²) in [5, 5.41) is 0. The zero-order valence-electron chi connectivity index (χ0n) is 26.2. The van der Waals surface area contributed by atoms with Gasteiger partial charge in [0.05, 0.1) is 0 Å². The van der Waals surface area contributed by atoms with E-state index in [-0.39, 0.29) is 51.2 Å². The van der Waals surface area contributed by atoms with E-state index in [0.717, 1.165) is 25.7 Å². The van der Waals surface area contributed by atoms with Crippen LogP contribution in [0.25, 0.3) is 0 Å². The lowest BCUT2D eigenvalue weighted by Crippen LogP contribution is -2.70. The molecule has 0 unspecified atom stereocenters. The van der Waals surface area contributed by atoms with Crippen molar-refractivity contribution in [2.45, 2.75) is 146 Å². The molecule has 0 saturated heterocycles. The molecule has 5 aliphatic rings. The minimum absolute atomic E-state index is 0.00783. The lowest BCUT2D eigenvalue weighted by atomic mass is 9.29. The molecule has 0 aliphatic heterocycles. The first-order valence-corrected chi connectivity index (χ1v) is 15.8. The van der Waals surface area contributed by atoms with Crippen molar-refractivity contribution in [2.24, 2.45) is 56.2 Å². The normalized spacial score (nSPS) is 53.4. The average Bonchev–Trinajstić information content (AvgIpc) is 2.79. The fraction of sp³-hybridized carbons (Fsp3) is 0.941. The van der Waals surface area contributed by atoms with Gasteiger partial charge in [-0.3, -0.25) is 9.59 Å². The summed E-state index contributed by atoms with van der Waals surface area (Å²) in [5.74, 6) is 1.96. The lowest BCUT2D eigenvalue weighted by molar-refractivity contribution is -0.287. The van der Waals surface area contributed by atoms with Gasteiger partial charge in [0.2, 0.25) is 0 Å². The minimum atomic E-state index is -0.137. The van der Waals surface area contributed by atoms with Crippen LogP contribution in [0, 0.1) is 56.2 Å². The molecule has 0 N–H and O–H groups in total. The van der Waals surface area contributed by atoms with Crippen molar-refractivity contribution in [3.8, 4) is 0 Å². The molecule has 4 nitrogen and oxygen atoms in total. The maximum Gasteiger partial charge on any atom is 0.302 e. The predicted octanol–water partition coefficient (Wildman–Crippen LogP) is 8.36. The first-order valence-electron chi connectivity index (χ1n) is 15.8. The van der Waals surface area contributed by atoms with Gasteiger partial charge in [-0.25, -0.2) is 0 Å². The molecule has 0 aromatic carbocycles. The summed E-state index contributed by atoms with van der Waals surface area (Å²) in [6.45, 7) is 23.3. The molecule has 0 amide bonds. The topological polar surface area (TPSA) is 52.6 Å². The summed E-state index contributed by atoms with van der Waals surface area (Å²) in [7, 11) is 0. The Morgan fingerprint density at radius 2 is 1.24 bits per heavy atom. The molecule has 0 heterocycles. The van der Waals surface area contributed by atoms with Crippen LogP contribution in [0.5, 0.6) is 0 Å². The first kappa shape index (κ1) is 28.5. The Hall–Kier alpha value is -1.06. The minimum Gasteiger partial charge on any atom is -0.462 e. The molecule has 0 spiro atoms. The maximum atomic E-state index is 12.5. The Bertz CT molecular complexity index is 987. The van der Waals surface area contributed by atoms with E-state index in [9.17, 15) is 9.59 Å². The summed E-state index contributed by atoms with van der Waals surface area (Å²) in [5.41, 5.74) is 1.23. The number of hydrogen-bond acceptors (Lipinski definition) is 4. The number of esters is 2. The summed E-state index contributed by atoms with van der Waals surface area (Å²) < 4.78 is 12.2. The number of hydrogen-bond donors (Lipinski definition) is 0. The number of rotatable bonds is 2. The molecule has 5 rings (SSSR count). The molecule has 0 radical (unpaired) electrons. The number of carbonyl (C=O) groups excluding carboxylic acids is 2. The molecular weight excluding hydrogens is 472 g/mol. The number of fused-ring (bicyclic) bond motifs is 7. The predicted molar refractivity (Wildman–Crippen MR) is 151 cm³/mol. The van der Waals surface area contributed by atoms with E-state index in [2.05, 4.69) is 55.4 Å². The van der Waals surface area contributed by atoms with Crippen LogP contribution in [0.3, 0.4) is 0 Å². The Morgan fingerprint density at radius 3 is 1.87 bits per heavy atom. The molecule has 5 aliphatic carbocycles. The Labute approximate surface area is 232 Å². The maximum absolute atomic E-state index is 12.5. The van der Waals surface area contributed by atoms with Crippen molar-refractivity contribution in [1.29, 1.82) is 0 Å². The van der Waals surface area contributed by atoms with Gasteiger partial charge in [-0.1, -0.05) is 55.4 Å². The van der Waals surface area contributed by atoms with Crippen molar-refractivity contribution in [3.05, 3.63) is 0 Å². The molecular formula is C34H56O4. The third-order valence-electron chi connectivity index (χ3n) is 14.6. The molecule has 0 aromatic heterocycles. The van der Waals surface area contributed by atoms with Crippen LogP contribution in [0.2, 0.25) is 0 Å². The Kier molecular flexibility index (Phi) is 6.53. The number of ether oxygens (including phenoxy) is 2. The molecule has 216 valence electrons. The van der Waals surface area contributed by atoms with Gasteiger partial charge in [0, 0.05) is 19.3 Å². The fourth-order valence-electron chi connectivity index (χ4n) is 12.1. The van der Waals surface area contributed by atoms with Crippen LogP contribution in [0.4, 0.5) is 0 Å². The largest absolute Gasteiger partial charge is 0.462 e. The molecule has 4 heteroatoms. The Balaban J connectivity index is 1.55. The standard InChI is InChI=1S/C34H56O4/c1-21-24(37-22(2)35)11-12-25-30(21,6)14-13-26-31(25,7)17-18-33(9)27-19-29(4,5)15-16-32(27,8)28(38-23(3)36)20-34(26,33)10/h21,24-28H,11-20H2,1-10H3/t21-,24-,25+,26-,27+,28-,30+,31-,32-,33-,34+/m0/s1. The van der Waals surface area contributed by atoms with Gasteiger partial charge < -0.3 is 9.47 Å². The van der Waals surface area contributed by atoms with E-state index in [1.807, 2.05) is 0 Å². The fourth-order valence-corrected chi connectivity index (χ4v) is 12.1. The molecule has 0 bridgehead atoms. The van der Waals surface area contributed by atoms with E-state index in [1.165, 1.54) is 38.5 Å². The van der Waals surface area contributed by atoms with E-state index in [4.69, 9.17) is 9.47 Å². The van der Waals surface area contributed by atoms with Crippen molar-refractivity contribution < 1.29 is 19.1 Å². The van der Waals surface area contributed by atoms with Gasteiger partial charge in [0.25, 0.3) is 0 Å². The van der Waals surface area contributed by atoms with Crippen molar-refractivity contribution >= 4 is 11.9 Å². The van der Waals surface area contributed by atoms with Crippen molar-refractivity contribution in [1.82, 2.24) is 0 Å². The smallest absolute Gasteiger partial charge is 0.302 e. The lowest BCUT2D eigenvalue weighted by Gasteiger charge is -2.75. The Morgan fingerprint density at radius 1 is 0.605 bits per heavy atom. The SMILES string of the molecule is CC(=O)O[C@H]1CC[C@@H]2[C@](C)(CC[C@H]3[C@@]2(C)CC[C@@]2(C)[C@@H]4CC(C)(C)CC[C@]4(C)[C@@H](OC(C)=O)C[C@]32C)[C@H]1C. The molecule has 5 saturated carbocycles. The quantitative estimate of drug-likeness (QED) is 0.338. The third-order valence-corrected chi connectivity index (χ3v) is 14.6. The van der Waals surface area contributed by atoms with Gasteiger partial charge in [-0.2, -0.15) is 0 Å². The van der Waals surface area contributed by atoms with E-state index in [0.29, 0.717) is 29.1 Å². The highest BCUT2D eigenvalue weighted by Gasteiger charge is 2.73. The van der Waals surface area contributed by atoms with Gasteiger partial charge in [0.15, 0.2) is 0 Å². The summed E-state index contributed by atoms with van der Waals surface area (Å²) in [6.07, 6.45) is 11.8. The van der Waals surface area contributed by atoms with Gasteiger partial charge in [-0.15, -0.1) is 0 Å².